The molecule has 1 aromatic carbocycles. The number of hydrogen-bond donors (Lipinski definition) is 3. The van der Waals surface area contributed by atoms with Crippen LogP contribution in [0.3, 0.4) is 0 Å². The van der Waals surface area contributed by atoms with Crippen molar-refractivity contribution in [1.82, 2.24) is 9.97 Å². The average Bonchev–Trinajstić information content (AvgIpc) is 2.64. The third-order valence-corrected chi connectivity index (χ3v) is 3.03. The van der Waals surface area contributed by atoms with Crippen LogP contribution in [0.15, 0.2) is 23.0 Å². The van der Waals surface area contributed by atoms with Gasteiger partial charge in [0.05, 0.1) is 11.0 Å². The number of benzene rings is 1. The molecule has 0 aliphatic heterocycles. The molecule has 0 fully saturated rings. The van der Waals surface area contributed by atoms with Crippen LogP contribution < -0.4 is 5.69 Å². The summed E-state index contributed by atoms with van der Waals surface area (Å²) in [6.45, 7) is 1.94. The highest BCUT2D eigenvalue weighted by atomic mass is 16.4. The summed E-state index contributed by atoms with van der Waals surface area (Å²) in [6.07, 6.45) is 1.84. The molecule has 0 saturated heterocycles. The second kappa shape index (κ2) is 5.08. The van der Waals surface area contributed by atoms with Gasteiger partial charge in [0, 0.05) is 6.42 Å². The number of aromatic amines is 2. The van der Waals surface area contributed by atoms with Gasteiger partial charge < -0.3 is 15.1 Å². The van der Waals surface area contributed by atoms with Crippen LogP contribution in [-0.4, -0.2) is 21.0 Å². The summed E-state index contributed by atoms with van der Waals surface area (Å²) in [4.78, 5) is 27.1. The molecule has 5 heteroatoms. The van der Waals surface area contributed by atoms with E-state index in [1.54, 1.807) is 0 Å². The number of hydrogen-bond acceptors (Lipinski definition) is 2. The zero-order valence-corrected chi connectivity index (χ0v) is 10.2. The van der Waals surface area contributed by atoms with Gasteiger partial charge in [-0.25, -0.2) is 4.79 Å². The minimum Gasteiger partial charge on any atom is -0.481 e. The standard InChI is InChI=1S/C13H16N2O3/c1-8(6-12(16)17)2-3-9-4-5-10-11(7-9)15-13(18)14-10/h4-5,7-8H,2-3,6H2,1H3,(H,16,17)(H2,14,15,18). The van der Waals surface area contributed by atoms with Crippen molar-refractivity contribution >= 4 is 17.0 Å². The maximum Gasteiger partial charge on any atom is 0.323 e. The Bertz CT molecular complexity index is 612. The highest BCUT2D eigenvalue weighted by Gasteiger charge is 2.08. The third-order valence-electron chi connectivity index (χ3n) is 3.03. The molecule has 2 aromatic rings. The lowest BCUT2D eigenvalue weighted by Crippen LogP contribution is -2.05. The predicted octanol–water partition coefficient (Wildman–Crippen LogP) is 1.90. The van der Waals surface area contributed by atoms with E-state index in [-0.39, 0.29) is 18.0 Å². The Morgan fingerprint density at radius 3 is 2.78 bits per heavy atom. The molecule has 0 amide bonds. The smallest absolute Gasteiger partial charge is 0.323 e. The Hall–Kier alpha value is -2.04. The number of nitrogens with one attached hydrogen (secondary N) is 2. The Labute approximate surface area is 104 Å². The Balaban J connectivity index is 2.03. The van der Waals surface area contributed by atoms with E-state index >= 15 is 0 Å². The van der Waals surface area contributed by atoms with Crippen molar-refractivity contribution in [3.8, 4) is 0 Å². The number of aromatic nitrogens is 2. The fourth-order valence-electron chi connectivity index (χ4n) is 2.05. The van der Waals surface area contributed by atoms with Crippen molar-refractivity contribution in [3.63, 3.8) is 0 Å². The first-order valence-electron chi connectivity index (χ1n) is 5.97. The molecule has 0 spiro atoms. The van der Waals surface area contributed by atoms with Gasteiger partial charge in [-0.2, -0.15) is 0 Å². The second-order valence-corrected chi connectivity index (χ2v) is 4.70. The fraction of sp³-hybridized carbons (Fsp3) is 0.385. The number of carbonyl (C=O) groups is 1. The summed E-state index contributed by atoms with van der Waals surface area (Å²) in [6, 6.07) is 5.75. The Morgan fingerprint density at radius 2 is 2.06 bits per heavy atom. The molecule has 1 atom stereocenters. The first-order valence-corrected chi connectivity index (χ1v) is 5.97. The van der Waals surface area contributed by atoms with Crippen LogP contribution >= 0.6 is 0 Å². The van der Waals surface area contributed by atoms with Gasteiger partial charge in [-0.3, -0.25) is 4.79 Å². The summed E-state index contributed by atoms with van der Waals surface area (Å²) in [5.74, 6) is -0.601. The molecule has 1 heterocycles. The van der Waals surface area contributed by atoms with Crippen LogP contribution in [0.1, 0.15) is 25.3 Å². The van der Waals surface area contributed by atoms with Crippen molar-refractivity contribution in [2.45, 2.75) is 26.2 Å². The number of carboxylic acids is 1. The maximum atomic E-state index is 11.1. The van der Waals surface area contributed by atoms with E-state index in [4.69, 9.17) is 5.11 Å². The largest absolute Gasteiger partial charge is 0.481 e. The van der Waals surface area contributed by atoms with E-state index in [2.05, 4.69) is 9.97 Å². The SMILES string of the molecule is CC(CCc1ccc2[nH]c(=O)[nH]c2c1)CC(=O)O. The van der Waals surface area contributed by atoms with Gasteiger partial charge in [-0.15, -0.1) is 0 Å². The number of aryl methyl sites for hydroxylation is 1. The average molecular weight is 248 g/mol. The molecule has 3 N–H and O–H groups in total. The van der Waals surface area contributed by atoms with Crippen LogP contribution in [-0.2, 0) is 11.2 Å². The highest BCUT2D eigenvalue weighted by molar-refractivity contribution is 5.75. The number of H-pyrrole nitrogens is 2. The lowest BCUT2D eigenvalue weighted by atomic mass is 9.98. The van der Waals surface area contributed by atoms with E-state index in [0.29, 0.717) is 0 Å². The van der Waals surface area contributed by atoms with Gasteiger partial charge in [0.1, 0.15) is 0 Å². The summed E-state index contributed by atoms with van der Waals surface area (Å²) in [7, 11) is 0. The molecule has 0 aliphatic carbocycles. The summed E-state index contributed by atoms with van der Waals surface area (Å²) >= 11 is 0. The van der Waals surface area contributed by atoms with Crippen molar-refractivity contribution < 1.29 is 9.90 Å². The number of rotatable bonds is 5. The van der Waals surface area contributed by atoms with E-state index in [0.717, 1.165) is 29.4 Å². The Morgan fingerprint density at radius 1 is 1.33 bits per heavy atom. The summed E-state index contributed by atoms with van der Waals surface area (Å²) in [5, 5.41) is 8.68. The normalized spacial score (nSPS) is 12.7. The maximum absolute atomic E-state index is 11.1. The van der Waals surface area contributed by atoms with Crippen LogP contribution in [0.25, 0.3) is 11.0 Å². The van der Waals surface area contributed by atoms with Gasteiger partial charge in [-0.05, 0) is 36.5 Å². The Kier molecular flexibility index (Phi) is 3.50. The molecule has 1 unspecified atom stereocenters. The first kappa shape index (κ1) is 12.4. The predicted molar refractivity (Wildman–Crippen MR) is 68.7 cm³/mol. The number of fused-ring (bicyclic) bond motifs is 1. The minimum atomic E-state index is -0.757. The highest BCUT2D eigenvalue weighted by Crippen LogP contribution is 2.15. The quantitative estimate of drug-likeness (QED) is 0.755. The van der Waals surface area contributed by atoms with Crippen LogP contribution in [0.2, 0.25) is 0 Å². The lowest BCUT2D eigenvalue weighted by molar-refractivity contribution is -0.138. The minimum absolute atomic E-state index is 0.156. The van der Waals surface area contributed by atoms with Crippen molar-refractivity contribution in [2.24, 2.45) is 5.92 Å². The molecule has 5 nitrogen and oxygen atoms in total. The van der Waals surface area contributed by atoms with E-state index in [9.17, 15) is 9.59 Å². The second-order valence-electron chi connectivity index (χ2n) is 4.70. The molecule has 1 aromatic heterocycles. The van der Waals surface area contributed by atoms with Gasteiger partial charge in [-0.1, -0.05) is 13.0 Å². The summed E-state index contributed by atoms with van der Waals surface area (Å²) < 4.78 is 0. The van der Waals surface area contributed by atoms with Gasteiger partial charge in [0.2, 0.25) is 0 Å². The monoisotopic (exact) mass is 248 g/mol. The molecule has 2 rings (SSSR count). The molecule has 0 aliphatic rings. The van der Waals surface area contributed by atoms with Gasteiger partial charge in [0.25, 0.3) is 0 Å². The molecule has 96 valence electrons. The molecular weight excluding hydrogens is 232 g/mol. The fourth-order valence-corrected chi connectivity index (χ4v) is 2.05. The number of imidazole rings is 1. The van der Waals surface area contributed by atoms with Crippen molar-refractivity contribution in [1.29, 1.82) is 0 Å². The van der Waals surface area contributed by atoms with Gasteiger partial charge in [0.15, 0.2) is 0 Å². The molecule has 18 heavy (non-hydrogen) atoms. The van der Waals surface area contributed by atoms with Crippen molar-refractivity contribution in [2.75, 3.05) is 0 Å². The van der Waals surface area contributed by atoms with Crippen LogP contribution in [0.5, 0.6) is 0 Å². The summed E-state index contributed by atoms with van der Waals surface area (Å²) in [5.41, 5.74) is 2.49. The van der Waals surface area contributed by atoms with Crippen LogP contribution in [0.4, 0.5) is 0 Å². The number of aliphatic carboxylic acids is 1. The molecule has 0 radical (unpaired) electrons. The number of carboxylic acid groups (broad SMARTS) is 1. The van der Waals surface area contributed by atoms with E-state index in [1.807, 2.05) is 25.1 Å². The lowest BCUT2D eigenvalue weighted by Gasteiger charge is -2.08. The molecule has 0 saturated carbocycles. The third kappa shape index (κ3) is 3.00. The van der Waals surface area contributed by atoms with Gasteiger partial charge >= 0.3 is 11.7 Å². The molecular formula is C13H16N2O3. The molecule has 0 bridgehead atoms. The zero-order valence-electron chi connectivity index (χ0n) is 10.2. The zero-order chi connectivity index (χ0) is 13.1. The van der Waals surface area contributed by atoms with E-state index in [1.165, 1.54) is 0 Å². The topological polar surface area (TPSA) is 86.0 Å². The van der Waals surface area contributed by atoms with Crippen LogP contribution in [0, 0.1) is 5.92 Å². The first-order chi connectivity index (χ1) is 8.54. The van der Waals surface area contributed by atoms with Crippen molar-refractivity contribution in [3.05, 3.63) is 34.2 Å². The van der Waals surface area contributed by atoms with E-state index < -0.39 is 5.97 Å².